The van der Waals surface area contributed by atoms with Gasteiger partial charge in [-0.3, -0.25) is 9.59 Å². The van der Waals surface area contributed by atoms with Crippen LogP contribution in [0.4, 0.5) is 11.8 Å². The van der Waals surface area contributed by atoms with Crippen LogP contribution >= 0.6 is 0 Å². The van der Waals surface area contributed by atoms with Gasteiger partial charge in [-0.15, -0.1) is 0 Å². The summed E-state index contributed by atoms with van der Waals surface area (Å²) in [5.41, 5.74) is 1.90. The zero-order valence-corrected chi connectivity index (χ0v) is 20.8. The Labute approximate surface area is 205 Å². The lowest BCUT2D eigenvalue weighted by Crippen LogP contribution is -2.48. The monoisotopic (exact) mass is 482 g/mol. The number of fused-ring (bicyclic) bond motifs is 1. The van der Waals surface area contributed by atoms with Gasteiger partial charge in [-0.2, -0.15) is 4.98 Å². The maximum absolute atomic E-state index is 13.1. The predicted molar refractivity (Wildman–Crippen MR) is 133 cm³/mol. The molecule has 10 heteroatoms. The lowest BCUT2D eigenvalue weighted by atomic mass is 10.1. The third kappa shape index (κ3) is 5.32. The van der Waals surface area contributed by atoms with Gasteiger partial charge in [-0.25, -0.2) is 4.98 Å². The van der Waals surface area contributed by atoms with Crippen molar-refractivity contribution in [2.24, 2.45) is 0 Å². The second-order valence-corrected chi connectivity index (χ2v) is 9.12. The Bertz CT molecular complexity index is 1070. The number of aromatic nitrogens is 2. The van der Waals surface area contributed by atoms with Gasteiger partial charge >= 0.3 is 0 Å². The van der Waals surface area contributed by atoms with Crippen LogP contribution in [0.15, 0.2) is 24.3 Å². The molecule has 0 bridgehead atoms. The van der Waals surface area contributed by atoms with Crippen molar-refractivity contribution in [2.75, 3.05) is 49.5 Å². The van der Waals surface area contributed by atoms with E-state index in [4.69, 9.17) is 9.72 Å². The molecule has 1 aromatic heterocycles. The smallest absolute Gasteiger partial charge is 0.273 e. The van der Waals surface area contributed by atoms with E-state index in [-0.39, 0.29) is 24.4 Å². The van der Waals surface area contributed by atoms with E-state index in [2.05, 4.69) is 10.3 Å². The van der Waals surface area contributed by atoms with E-state index < -0.39 is 6.10 Å². The zero-order valence-electron chi connectivity index (χ0n) is 20.8. The van der Waals surface area contributed by atoms with Crippen molar-refractivity contribution in [1.29, 1.82) is 0 Å². The van der Waals surface area contributed by atoms with Crippen LogP contribution < -0.4 is 15.0 Å². The molecule has 2 aliphatic rings. The van der Waals surface area contributed by atoms with E-state index in [1.54, 1.807) is 16.7 Å². The summed E-state index contributed by atoms with van der Waals surface area (Å²) in [6.07, 6.45) is -0.767. The summed E-state index contributed by atoms with van der Waals surface area (Å²) in [5.74, 6) is 1.71. The van der Waals surface area contributed by atoms with E-state index in [0.29, 0.717) is 56.8 Å². The van der Waals surface area contributed by atoms with Gasteiger partial charge in [0.15, 0.2) is 0 Å². The number of nitrogens with one attached hydrogen (secondary N) is 1. The van der Waals surface area contributed by atoms with Gasteiger partial charge in [0.25, 0.3) is 5.91 Å². The van der Waals surface area contributed by atoms with Gasteiger partial charge in [0.05, 0.1) is 19.3 Å². The van der Waals surface area contributed by atoms with Crippen molar-refractivity contribution in [1.82, 2.24) is 19.8 Å². The highest BCUT2D eigenvalue weighted by molar-refractivity contribution is 5.98. The standard InChI is InChI=1S/C25H34N6O4/c1-5-35-19-8-6-18(7-9-19)21(33)14-26-23-20-15-31(16(2)3)24(34)22(20)27-25(28-23)30-12-10-29(11-13-30)17(4)32/h6-9,16,21,33H,5,10-15H2,1-4H3,(H,26,27,28). The number of nitrogens with zero attached hydrogens (tertiary/aromatic N) is 5. The fourth-order valence-electron chi connectivity index (χ4n) is 4.37. The van der Waals surface area contributed by atoms with Gasteiger partial charge in [-0.1, -0.05) is 12.1 Å². The summed E-state index contributed by atoms with van der Waals surface area (Å²) in [6, 6.07) is 7.38. The van der Waals surface area contributed by atoms with Crippen LogP contribution in [0.3, 0.4) is 0 Å². The van der Waals surface area contributed by atoms with Crippen molar-refractivity contribution < 1.29 is 19.4 Å². The van der Waals surface area contributed by atoms with E-state index in [1.165, 1.54) is 0 Å². The normalized spacial score (nSPS) is 16.5. The average molecular weight is 483 g/mol. The summed E-state index contributed by atoms with van der Waals surface area (Å²) in [4.78, 5) is 39.7. The minimum absolute atomic E-state index is 0.0292. The Morgan fingerprint density at radius 1 is 1.14 bits per heavy atom. The molecule has 1 fully saturated rings. The number of carbonyl (C=O) groups is 2. The van der Waals surface area contributed by atoms with E-state index in [1.807, 2.05) is 49.9 Å². The fraction of sp³-hybridized carbons (Fsp3) is 0.520. The summed E-state index contributed by atoms with van der Waals surface area (Å²) in [5, 5.41) is 14.0. The van der Waals surface area contributed by atoms with Crippen molar-refractivity contribution in [3.63, 3.8) is 0 Å². The highest BCUT2D eigenvalue weighted by Gasteiger charge is 2.35. The molecule has 2 amide bonds. The Morgan fingerprint density at radius 3 is 2.43 bits per heavy atom. The molecule has 3 heterocycles. The van der Waals surface area contributed by atoms with Crippen LogP contribution in [0.2, 0.25) is 0 Å². The summed E-state index contributed by atoms with van der Waals surface area (Å²) in [6.45, 7) is 11.0. The fourth-order valence-corrected chi connectivity index (χ4v) is 4.37. The minimum Gasteiger partial charge on any atom is -0.494 e. The lowest BCUT2D eigenvalue weighted by Gasteiger charge is -2.34. The van der Waals surface area contributed by atoms with Gasteiger partial charge in [-0.05, 0) is 38.5 Å². The number of hydrogen-bond acceptors (Lipinski definition) is 8. The van der Waals surface area contributed by atoms with Crippen molar-refractivity contribution in [3.8, 4) is 5.75 Å². The number of benzene rings is 1. The van der Waals surface area contributed by atoms with Crippen molar-refractivity contribution >= 4 is 23.6 Å². The molecule has 2 aliphatic heterocycles. The third-order valence-corrected chi connectivity index (χ3v) is 6.46. The number of ether oxygens (including phenoxy) is 1. The molecular formula is C25H34N6O4. The van der Waals surface area contributed by atoms with E-state index >= 15 is 0 Å². The maximum Gasteiger partial charge on any atom is 0.273 e. The number of aliphatic hydroxyl groups is 1. The first kappa shape index (κ1) is 24.7. The van der Waals surface area contributed by atoms with Crippen LogP contribution in [-0.4, -0.2) is 82.1 Å². The molecule has 188 valence electrons. The number of hydrogen-bond donors (Lipinski definition) is 2. The Hall–Kier alpha value is -3.40. The summed E-state index contributed by atoms with van der Waals surface area (Å²) < 4.78 is 5.47. The largest absolute Gasteiger partial charge is 0.494 e. The van der Waals surface area contributed by atoms with Crippen LogP contribution in [0, 0.1) is 0 Å². The molecule has 1 aromatic carbocycles. The molecular weight excluding hydrogens is 448 g/mol. The molecule has 35 heavy (non-hydrogen) atoms. The second-order valence-electron chi connectivity index (χ2n) is 9.12. The number of amides is 2. The molecule has 4 rings (SSSR count). The third-order valence-electron chi connectivity index (χ3n) is 6.46. The SMILES string of the molecule is CCOc1ccc(C(O)CNc2nc(N3CCN(C(C)=O)CC3)nc3c2CN(C(C)C)C3=O)cc1. The van der Waals surface area contributed by atoms with E-state index in [0.717, 1.165) is 16.9 Å². The van der Waals surface area contributed by atoms with Crippen LogP contribution in [0.5, 0.6) is 5.75 Å². The second kappa shape index (κ2) is 10.5. The molecule has 1 unspecified atom stereocenters. The average Bonchev–Trinajstić information content (AvgIpc) is 3.20. The molecule has 0 radical (unpaired) electrons. The number of piperazine rings is 1. The number of carbonyl (C=O) groups excluding carboxylic acids is 2. The molecule has 2 N–H and O–H groups in total. The van der Waals surface area contributed by atoms with Gasteiger partial charge < -0.3 is 29.9 Å². The number of aliphatic hydroxyl groups excluding tert-OH is 1. The molecule has 0 aliphatic carbocycles. The molecule has 2 aromatic rings. The molecule has 10 nitrogen and oxygen atoms in total. The molecule has 0 spiro atoms. The van der Waals surface area contributed by atoms with Crippen LogP contribution in [0.25, 0.3) is 0 Å². The first-order valence-electron chi connectivity index (χ1n) is 12.2. The summed E-state index contributed by atoms with van der Waals surface area (Å²) in [7, 11) is 0. The van der Waals surface area contributed by atoms with Gasteiger partial charge in [0.2, 0.25) is 11.9 Å². The zero-order chi connectivity index (χ0) is 25.1. The predicted octanol–water partition coefficient (Wildman–Crippen LogP) is 2.05. The molecule has 0 saturated carbocycles. The Morgan fingerprint density at radius 2 is 1.83 bits per heavy atom. The highest BCUT2D eigenvalue weighted by Crippen LogP contribution is 2.31. The minimum atomic E-state index is -0.767. The number of rotatable bonds is 8. The Kier molecular flexibility index (Phi) is 7.39. The lowest BCUT2D eigenvalue weighted by molar-refractivity contribution is -0.129. The number of anilines is 2. The van der Waals surface area contributed by atoms with Crippen molar-refractivity contribution in [3.05, 3.63) is 41.1 Å². The van der Waals surface area contributed by atoms with Crippen LogP contribution in [-0.2, 0) is 11.3 Å². The maximum atomic E-state index is 13.1. The van der Waals surface area contributed by atoms with Gasteiger partial charge in [0, 0.05) is 51.3 Å². The highest BCUT2D eigenvalue weighted by atomic mass is 16.5. The van der Waals surface area contributed by atoms with Crippen LogP contribution in [0.1, 0.15) is 55.4 Å². The molecule has 1 saturated heterocycles. The van der Waals surface area contributed by atoms with Gasteiger partial charge in [0.1, 0.15) is 17.3 Å². The first-order valence-corrected chi connectivity index (χ1v) is 12.2. The first-order chi connectivity index (χ1) is 16.8. The Balaban J connectivity index is 1.55. The van der Waals surface area contributed by atoms with E-state index in [9.17, 15) is 14.7 Å². The topological polar surface area (TPSA) is 111 Å². The molecule has 1 atom stereocenters. The quantitative estimate of drug-likeness (QED) is 0.588. The summed E-state index contributed by atoms with van der Waals surface area (Å²) >= 11 is 0. The van der Waals surface area contributed by atoms with Crippen molar-refractivity contribution in [2.45, 2.75) is 46.4 Å².